The van der Waals surface area contributed by atoms with Crippen LogP contribution in [0.15, 0.2) is 29.4 Å². The van der Waals surface area contributed by atoms with Crippen molar-refractivity contribution < 1.29 is 4.79 Å². The lowest BCUT2D eigenvalue weighted by molar-refractivity contribution is -0.117. The van der Waals surface area contributed by atoms with E-state index >= 15 is 0 Å². The van der Waals surface area contributed by atoms with Gasteiger partial charge >= 0.3 is 0 Å². The van der Waals surface area contributed by atoms with Gasteiger partial charge in [0, 0.05) is 5.69 Å². The number of rotatable bonds is 1. The summed E-state index contributed by atoms with van der Waals surface area (Å²) in [5.74, 6) is -0.301. The number of anilines is 1. The minimum absolute atomic E-state index is 0.301. The Bertz CT molecular complexity index is 376. The van der Waals surface area contributed by atoms with Gasteiger partial charge in [-0.25, -0.2) is 0 Å². The molecule has 1 aliphatic heterocycles. The molecular weight excluding hydrogens is 180 g/mol. The SMILES string of the molecule is O=NC1CCc2ccccc2NC1=O. The quantitative estimate of drug-likeness (QED) is 0.685. The molecule has 1 heterocycles. The van der Waals surface area contributed by atoms with Gasteiger partial charge in [0.05, 0.1) is 0 Å². The van der Waals surface area contributed by atoms with Crippen molar-refractivity contribution in [1.29, 1.82) is 0 Å². The summed E-state index contributed by atoms with van der Waals surface area (Å²) in [4.78, 5) is 21.8. The summed E-state index contributed by atoms with van der Waals surface area (Å²) in [5, 5.41) is 5.50. The number of nitroso groups, excluding NO2 is 1. The van der Waals surface area contributed by atoms with Gasteiger partial charge in [-0.15, -0.1) is 4.91 Å². The van der Waals surface area contributed by atoms with Crippen LogP contribution in [0.25, 0.3) is 0 Å². The van der Waals surface area contributed by atoms with Crippen LogP contribution in [0.3, 0.4) is 0 Å². The van der Waals surface area contributed by atoms with E-state index in [1.807, 2.05) is 24.3 Å². The maximum atomic E-state index is 11.4. The summed E-state index contributed by atoms with van der Waals surface area (Å²) in [6.45, 7) is 0. The molecule has 0 fully saturated rings. The fourth-order valence-electron chi connectivity index (χ4n) is 1.60. The van der Waals surface area contributed by atoms with Gasteiger partial charge in [-0.3, -0.25) is 4.79 Å². The van der Waals surface area contributed by atoms with E-state index in [9.17, 15) is 9.70 Å². The fourth-order valence-corrected chi connectivity index (χ4v) is 1.60. The number of hydrogen-bond donors (Lipinski definition) is 1. The number of fused-ring (bicyclic) bond motifs is 1. The average molecular weight is 190 g/mol. The number of hydrogen-bond acceptors (Lipinski definition) is 3. The van der Waals surface area contributed by atoms with E-state index in [-0.39, 0.29) is 5.91 Å². The second-order valence-electron chi connectivity index (χ2n) is 3.31. The topological polar surface area (TPSA) is 58.5 Å². The van der Waals surface area contributed by atoms with Crippen LogP contribution >= 0.6 is 0 Å². The van der Waals surface area contributed by atoms with E-state index in [0.29, 0.717) is 12.8 Å². The van der Waals surface area contributed by atoms with E-state index in [1.165, 1.54) is 0 Å². The standard InChI is InChI=1S/C10H10N2O2/c13-10-9(12-14)6-5-7-3-1-2-4-8(7)11-10/h1-4,9H,5-6H2,(H,11,13). The van der Waals surface area contributed by atoms with E-state index in [1.54, 1.807) is 0 Å². The molecule has 0 bridgehead atoms. The van der Waals surface area contributed by atoms with Crippen LogP contribution in [0.5, 0.6) is 0 Å². The second-order valence-corrected chi connectivity index (χ2v) is 3.31. The summed E-state index contributed by atoms with van der Waals surface area (Å²) in [6.07, 6.45) is 1.21. The summed E-state index contributed by atoms with van der Waals surface area (Å²) in [5.41, 5.74) is 1.86. The van der Waals surface area contributed by atoms with Crippen LogP contribution in [-0.2, 0) is 11.2 Å². The summed E-state index contributed by atoms with van der Waals surface area (Å²) < 4.78 is 0. The Morgan fingerprint density at radius 3 is 2.93 bits per heavy atom. The molecule has 2 rings (SSSR count). The van der Waals surface area contributed by atoms with Crippen LogP contribution in [-0.4, -0.2) is 11.9 Å². The number of para-hydroxylation sites is 1. The Hall–Kier alpha value is -1.71. The smallest absolute Gasteiger partial charge is 0.252 e. The summed E-state index contributed by atoms with van der Waals surface area (Å²) in [6, 6.07) is 6.80. The number of nitrogens with zero attached hydrogens (tertiary/aromatic N) is 1. The van der Waals surface area contributed by atoms with Gasteiger partial charge in [0.15, 0.2) is 6.04 Å². The molecule has 1 N–H and O–H groups in total. The van der Waals surface area contributed by atoms with Crippen LogP contribution in [0.1, 0.15) is 12.0 Å². The minimum Gasteiger partial charge on any atom is -0.324 e. The first-order valence-electron chi connectivity index (χ1n) is 4.52. The number of amides is 1. The fraction of sp³-hybridized carbons (Fsp3) is 0.300. The molecule has 1 amide bonds. The molecule has 72 valence electrons. The zero-order chi connectivity index (χ0) is 9.97. The first-order valence-corrected chi connectivity index (χ1v) is 4.52. The van der Waals surface area contributed by atoms with Gasteiger partial charge in [0.25, 0.3) is 5.91 Å². The van der Waals surface area contributed by atoms with Crippen molar-refractivity contribution in [3.05, 3.63) is 34.7 Å². The molecule has 0 aromatic heterocycles. The summed E-state index contributed by atoms with van der Waals surface area (Å²) >= 11 is 0. The molecule has 4 heteroatoms. The maximum absolute atomic E-state index is 11.4. The molecule has 0 spiro atoms. The largest absolute Gasteiger partial charge is 0.324 e. The number of nitrogens with one attached hydrogen (secondary N) is 1. The lowest BCUT2D eigenvalue weighted by Crippen LogP contribution is -2.24. The number of carbonyl (C=O) groups excluding carboxylic acids is 1. The monoisotopic (exact) mass is 190 g/mol. The molecule has 0 radical (unpaired) electrons. The molecule has 1 unspecified atom stereocenters. The van der Waals surface area contributed by atoms with Gasteiger partial charge in [0.1, 0.15) is 0 Å². The Kier molecular flexibility index (Phi) is 2.26. The minimum atomic E-state index is -0.748. The van der Waals surface area contributed by atoms with Crippen molar-refractivity contribution in [2.75, 3.05) is 5.32 Å². The second kappa shape index (κ2) is 3.57. The highest BCUT2D eigenvalue weighted by Gasteiger charge is 2.23. The van der Waals surface area contributed by atoms with Crippen LogP contribution in [0.2, 0.25) is 0 Å². The van der Waals surface area contributed by atoms with Gasteiger partial charge in [-0.05, 0) is 24.5 Å². The maximum Gasteiger partial charge on any atom is 0.252 e. The van der Waals surface area contributed by atoms with Gasteiger partial charge < -0.3 is 5.32 Å². The van der Waals surface area contributed by atoms with Crippen molar-refractivity contribution in [2.24, 2.45) is 5.18 Å². The van der Waals surface area contributed by atoms with Crippen molar-refractivity contribution in [1.82, 2.24) is 0 Å². The summed E-state index contributed by atoms with van der Waals surface area (Å²) in [7, 11) is 0. The predicted octanol–water partition coefficient (Wildman–Crippen LogP) is 1.71. The third-order valence-electron chi connectivity index (χ3n) is 2.39. The first kappa shape index (κ1) is 8.87. The van der Waals surface area contributed by atoms with Crippen LogP contribution in [0.4, 0.5) is 5.69 Å². The lowest BCUT2D eigenvalue weighted by atomic mass is 10.1. The molecule has 4 nitrogen and oxygen atoms in total. The Morgan fingerprint density at radius 2 is 2.14 bits per heavy atom. The third-order valence-corrected chi connectivity index (χ3v) is 2.39. The molecule has 14 heavy (non-hydrogen) atoms. The highest BCUT2D eigenvalue weighted by Crippen LogP contribution is 2.22. The van der Waals surface area contributed by atoms with Crippen LogP contribution < -0.4 is 5.32 Å². The molecular formula is C10H10N2O2. The average Bonchev–Trinajstić information content (AvgIpc) is 2.36. The van der Waals surface area contributed by atoms with E-state index in [0.717, 1.165) is 11.3 Å². The third kappa shape index (κ3) is 1.51. The van der Waals surface area contributed by atoms with Crippen molar-refractivity contribution in [2.45, 2.75) is 18.9 Å². The predicted molar refractivity (Wildman–Crippen MR) is 53.0 cm³/mol. The highest BCUT2D eigenvalue weighted by molar-refractivity contribution is 5.96. The zero-order valence-electron chi connectivity index (χ0n) is 7.56. The number of carbonyl (C=O) groups is 1. The zero-order valence-corrected chi connectivity index (χ0v) is 7.56. The molecule has 0 saturated carbocycles. The molecule has 1 atom stereocenters. The number of benzene rings is 1. The Balaban J connectivity index is 2.32. The molecule has 1 aromatic rings. The highest BCUT2D eigenvalue weighted by atomic mass is 16.3. The number of aryl methyl sites for hydroxylation is 1. The van der Waals surface area contributed by atoms with E-state index < -0.39 is 6.04 Å². The Morgan fingerprint density at radius 1 is 1.36 bits per heavy atom. The van der Waals surface area contributed by atoms with Gasteiger partial charge in [-0.2, -0.15) is 0 Å². The van der Waals surface area contributed by atoms with Gasteiger partial charge in [-0.1, -0.05) is 23.4 Å². The van der Waals surface area contributed by atoms with E-state index in [4.69, 9.17) is 0 Å². The van der Waals surface area contributed by atoms with Crippen molar-refractivity contribution in [3.63, 3.8) is 0 Å². The molecule has 0 aliphatic carbocycles. The van der Waals surface area contributed by atoms with Gasteiger partial charge in [0.2, 0.25) is 0 Å². The van der Waals surface area contributed by atoms with Crippen LogP contribution in [0, 0.1) is 4.91 Å². The van der Waals surface area contributed by atoms with E-state index in [2.05, 4.69) is 10.5 Å². The molecule has 0 saturated heterocycles. The normalized spacial score (nSPS) is 20.6. The van der Waals surface area contributed by atoms with Crippen molar-refractivity contribution >= 4 is 11.6 Å². The lowest BCUT2D eigenvalue weighted by Gasteiger charge is -2.04. The first-order chi connectivity index (χ1) is 6.81. The van der Waals surface area contributed by atoms with Crippen molar-refractivity contribution in [3.8, 4) is 0 Å². The Labute approximate surface area is 81.3 Å². The molecule has 1 aliphatic rings. The molecule has 1 aromatic carbocycles.